The lowest BCUT2D eigenvalue weighted by Crippen LogP contribution is -1.95. The van der Waals surface area contributed by atoms with E-state index in [0.29, 0.717) is 5.69 Å². The van der Waals surface area contributed by atoms with Crippen LogP contribution in [0.4, 0.5) is 5.69 Å². The number of nitrogens with zero attached hydrogens (tertiary/aromatic N) is 2. The highest BCUT2D eigenvalue weighted by Gasteiger charge is 2.08. The van der Waals surface area contributed by atoms with Crippen molar-refractivity contribution in [3.05, 3.63) is 24.0 Å². The number of nitrogens with one attached hydrogen (secondary N) is 1. The Hall–Kier alpha value is -1.84. The number of carbonyl (C=O) groups excluding carboxylic acids is 1. The first-order chi connectivity index (χ1) is 6.77. The minimum Gasteiger partial charge on any atom is -0.387 e. The van der Waals surface area contributed by atoms with E-state index in [1.165, 1.54) is 0 Å². The van der Waals surface area contributed by atoms with Crippen LogP contribution in [0, 0.1) is 0 Å². The van der Waals surface area contributed by atoms with Crippen LogP contribution in [0.5, 0.6) is 0 Å². The molecule has 0 unspecified atom stereocenters. The van der Waals surface area contributed by atoms with Crippen molar-refractivity contribution in [2.45, 2.75) is 0 Å². The van der Waals surface area contributed by atoms with Crippen LogP contribution in [0.1, 0.15) is 10.5 Å². The van der Waals surface area contributed by atoms with E-state index in [1.54, 1.807) is 10.8 Å². The molecular weight excluding hydrogens is 178 g/mol. The van der Waals surface area contributed by atoms with E-state index < -0.39 is 0 Å². The number of aryl methyl sites for hydroxylation is 1. The lowest BCUT2D eigenvalue weighted by atomic mass is 10.3. The van der Waals surface area contributed by atoms with Crippen LogP contribution in [0.3, 0.4) is 0 Å². The lowest BCUT2D eigenvalue weighted by Gasteiger charge is -2.01. The molecule has 0 spiro atoms. The van der Waals surface area contributed by atoms with Gasteiger partial charge in [0, 0.05) is 31.4 Å². The zero-order valence-corrected chi connectivity index (χ0v) is 8.11. The molecule has 0 bridgehead atoms. The second-order valence-electron chi connectivity index (χ2n) is 3.09. The van der Waals surface area contributed by atoms with E-state index in [9.17, 15) is 4.79 Å². The summed E-state index contributed by atoms with van der Waals surface area (Å²) < 4.78 is 1.78. The first-order valence-corrected chi connectivity index (χ1v) is 4.35. The number of hydrogen-bond acceptors (Lipinski definition) is 3. The highest BCUT2D eigenvalue weighted by Crippen LogP contribution is 2.23. The van der Waals surface area contributed by atoms with Crippen LogP contribution in [-0.2, 0) is 7.05 Å². The first kappa shape index (κ1) is 8.74. The van der Waals surface area contributed by atoms with Crippen molar-refractivity contribution in [2.24, 2.45) is 7.05 Å². The zero-order chi connectivity index (χ0) is 10.1. The minimum atomic E-state index is 0.634. The molecule has 0 aromatic carbocycles. The van der Waals surface area contributed by atoms with Gasteiger partial charge in [0.15, 0.2) is 6.29 Å². The molecule has 72 valence electrons. The highest BCUT2D eigenvalue weighted by atomic mass is 16.1. The van der Waals surface area contributed by atoms with Crippen molar-refractivity contribution in [1.82, 2.24) is 9.55 Å². The van der Waals surface area contributed by atoms with Gasteiger partial charge in [-0.25, -0.2) is 4.98 Å². The van der Waals surface area contributed by atoms with Crippen molar-refractivity contribution in [3.63, 3.8) is 0 Å². The van der Waals surface area contributed by atoms with E-state index in [4.69, 9.17) is 0 Å². The summed E-state index contributed by atoms with van der Waals surface area (Å²) in [6.45, 7) is 0. The molecule has 14 heavy (non-hydrogen) atoms. The number of hydrogen-bond donors (Lipinski definition) is 1. The quantitative estimate of drug-likeness (QED) is 0.727. The summed E-state index contributed by atoms with van der Waals surface area (Å²) in [5, 5.41) is 4.04. The fraction of sp³-hybridized carbons (Fsp3) is 0.200. The Balaban J connectivity index is 2.83. The molecule has 0 aliphatic carbocycles. The molecule has 0 amide bonds. The molecule has 1 N–H and O–H groups in total. The number of anilines is 1. The van der Waals surface area contributed by atoms with Gasteiger partial charge in [0.05, 0.1) is 5.69 Å². The number of carbonyl (C=O) groups is 1. The Labute approximate surface area is 81.6 Å². The summed E-state index contributed by atoms with van der Waals surface area (Å²) in [5.74, 6) is 0. The SMILES string of the molecule is CNc1ccnc2c1cc(C=O)n2C. The predicted molar refractivity (Wildman–Crippen MR) is 55.6 cm³/mol. The molecular formula is C10H11N3O. The second kappa shape index (κ2) is 3.14. The van der Waals surface area contributed by atoms with Crippen molar-refractivity contribution >= 4 is 23.0 Å². The summed E-state index contributed by atoms with van der Waals surface area (Å²) in [6, 6.07) is 3.72. The van der Waals surface area contributed by atoms with Crippen LogP contribution in [0.2, 0.25) is 0 Å². The second-order valence-corrected chi connectivity index (χ2v) is 3.09. The van der Waals surface area contributed by atoms with Crippen molar-refractivity contribution < 1.29 is 4.79 Å². The van der Waals surface area contributed by atoms with E-state index in [1.807, 2.05) is 26.2 Å². The fourth-order valence-electron chi connectivity index (χ4n) is 1.57. The van der Waals surface area contributed by atoms with Gasteiger partial charge in [-0.2, -0.15) is 0 Å². The molecule has 2 aromatic rings. The molecule has 0 fully saturated rings. The van der Waals surface area contributed by atoms with Crippen LogP contribution in [0.25, 0.3) is 11.0 Å². The Morgan fingerprint density at radius 1 is 1.57 bits per heavy atom. The highest BCUT2D eigenvalue weighted by molar-refractivity contribution is 5.94. The van der Waals surface area contributed by atoms with Crippen LogP contribution >= 0.6 is 0 Å². The Kier molecular flexibility index (Phi) is 1.96. The monoisotopic (exact) mass is 189 g/mol. The minimum absolute atomic E-state index is 0.634. The third kappa shape index (κ3) is 1.08. The van der Waals surface area contributed by atoms with Crippen LogP contribution < -0.4 is 5.32 Å². The van der Waals surface area contributed by atoms with Crippen LogP contribution in [-0.4, -0.2) is 22.9 Å². The predicted octanol–water partition coefficient (Wildman–Crippen LogP) is 1.43. The molecule has 0 atom stereocenters. The van der Waals surface area contributed by atoms with Crippen molar-refractivity contribution in [1.29, 1.82) is 0 Å². The van der Waals surface area contributed by atoms with Gasteiger partial charge in [0.1, 0.15) is 5.65 Å². The van der Waals surface area contributed by atoms with Crippen molar-refractivity contribution in [3.8, 4) is 0 Å². The number of rotatable bonds is 2. The van der Waals surface area contributed by atoms with E-state index in [2.05, 4.69) is 10.3 Å². The summed E-state index contributed by atoms with van der Waals surface area (Å²) in [6.07, 6.45) is 2.56. The van der Waals surface area contributed by atoms with Crippen molar-refractivity contribution in [2.75, 3.05) is 12.4 Å². The summed E-state index contributed by atoms with van der Waals surface area (Å²) in [4.78, 5) is 14.9. The summed E-state index contributed by atoms with van der Waals surface area (Å²) in [5.41, 5.74) is 2.44. The van der Waals surface area contributed by atoms with Gasteiger partial charge in [-0.3, -0.25) is 4.79 Å². The molecule has 4 nitrogen and oxygen atoms in total. The smallest absolute Gasteiger partial charge is 0.166 e. The molecule has 4 heteroatoms. The third-order valence-electron chi connectivity index (χ3n) is 2.36. The van der Waals surface area contributed by atoms with Gasteiger partial charge in [-0.05, 0) is 12.1 Å². The molecule has 2 heterocycles. The number of pyridine rings is 1. The van der Waals surface area contributed by atoms with Crippen LogP contribution in [0.15, 0.2) is 18.3 Å². The normalized spacial score (nSPS) is 10.4. The Bertz CT molecular complexity index is 487. The van der Waals surface area contributed by atoms with E-state index >= 15 is 0 Å². The number of aromatic nitrogens is 2. The molecule has 0 saturated heterocycles. The third-order valence-corrected chi connectivity index (χ3v) is 2.36. The van der Waals surface area contributed by atoms with E-state index in [-0.39, 0.29) is 0 Å². The topological polar surface area (TPSA) is 46.9 Å². The number of aldehydes is 1. The maximum Gasteiger partial charge on any atom is 0.166 e. The summed E-state index contributed by atoms with van der Waals surface area (Å²) in [7, 11) is 3.68. The molecule has 2 aromatic heterocycles. The van der Waals surface area contributed by atoms with Gasteiger partial charge in [-0.15, -0.1) is 0 Å². The zero-order valence-electron chi connectivity index (χ0n) is 8.11. The maximum atomic E-state index is 10.7. The Morgan fingerprint density at radius 3 is 3.00 bits per heavy atom. The van der Waals surface area contributed by atoms with Gasteiger partial charge in [0.2, 0.25) is 0 Å². The Morgan fingerprint density at radius 2 is 2.36 bits per heavy atom. The molecule has 2 rings (SSSR count). The van der Waals surface area contributed by atoms with Gasteiger partial charge >= 0.3 is 0 Å². The van der Waals surface area contributed by atoms with Gasteiger partial charge in [0.25, 0.3) is 0 Å². The molecule has 0 radical (unpaired) electrons. The average molecular weight is 189 g/mol. The molecule has 0 saturated carbocycles. The van der Waals surface area contributed by atoms with Gasteiger partial charge in [-0.1, -0.05) is 0 Å². The first-order valence-electron chi connectivity index (χ1n) is 4.35. The summed E-state index contributed by atoms with van der Waals surface area (Å²) >= 11 is 0. The molecule has 0 aliphatic heterocycles. The standard InChI is InChI=1S/C10H11N3O/c1-11-9-3-4-12-10-8(9)5-7(6-14)13(10)2/h3-6H,1-2H3,(H,11,12). The average Bonchev–Trinajstić information content (AvgIpc) is 2.55. The lowest BCUT2D eigenvalue weighted by molar-refractivity contribution is 0.111. The van der Waals surface area contributed by atoms with E-state index in [0.717, 1.165) is 23.0 Å². The fourth-order valence-corrected chi connectivity index (χ4v) is 1.57. The molecule has 0 aliphatic rings. The number of fused-ring (bicyclic) bond motifs is 1. The van der Waals surface area contributed by atoms with Gasteiger partial charge < -0.3 is 9.88 Å². The largest absolute Gasteiger partial charge is 0.387 e. The maximum absolute atomic E-state index is 10.7.